The van der Waals surface area contributed by atoms with Gasteiger partial charge in [-0.25, -0.2) is 0 Å². The van der Waals surface area contributed by atoms with Crippen LogP contribution in [0.25, 0.3) is 0 Å². The summed E-state index contributed by atoms with van der Waals surface area (Å²) in [6.07, 6.45) is 0.198. The molecule has 23 heavy (non-hydrogen) atoms. The van der Waals surface area contributed by atoms with Crippen molar-refractivity contribution in [2.24, 2.45) is 5.92 Å². The van der Waals surface area contributed by atoms with Gasteiger partial charge in [-0.3, -0.25) is 14.5 Å². The number of hydrogen-bond acceptors (Lipinski definition) is 4. The molecule has 2 unspecified atom stereocenters. The molecule has 0 bridgehead atoms. The minimum absolute atomic E-state index is 0.149. The number of nitrogens with one attached hydrogen (secondary N) is 1. The van der Waals surface area contributed by atoms with Crippen LogP contribution in [0.5, 0.6) is 0 Å². The molecule has 0 aliphatic carbocycles. The van der Waals surface area contributed by atoms with E-state index < -0.39 is 17.4 Å². The number of aliphatic hydroxyl groups excluding tert-OH is 1. The predicted molar refractivity (Wildman–Crippen MR) is 86.2 cm³/mol. The van der Waals surface area contributed by atoms with E-state index in [-0.39, 0.29) is 31.5 Å². The molecule has 1 saturated heterocycles. The van der Waals surface area contributed by atoms with Gasteiger partial charge in [-0.15, -0.1) is 0 Å². The second-order valence-corrected chi connectivity index (χ2v) is 6.45. The largest absolute Gasteiger partial charge is 0.480 e. The monoisotopic (exact) mass is 340 g/mol. The van der Waals surface area contributed by atoms with Crippen LogP contribution in [0.3, 0.4) is 0 Å². The van der Waals surface area contributed by atoms with Crippen LogP contribution in [0.1, 0.15) is 24.9 Å². The second kappa shape index (κ2) is 6.86. The molecule has 1 fully saturated rings. The van der Waals surface area contributed by atoms with E-state index in [1.807, 2.05) is 12.1 Å². The first kappa shape index (κ1) is 17.7. The zero-order chi connectivity index (χ0) is 17.2. The molecule has 7 heteroatoms. The highest BCUT2D eigenvalue weighted by molar-refractivity contribution is 6.30. The van der Waals surface area contributed by atoms with E-state index in [9.17, 15) is 14.7 Å². The van der Waals surface area contributed by atoms with E-state index in [2.05, 4.69) is 5.32 Å². The smallest absolute Gasteiger partial charge is 0.323 e. The number of aliphatic hydroxyl groups is 1. The number of carbonyl (C=O) groups excluding carboxylic acids is 1. The number of nitrogens with zero attached hydrogens (tertiary/aromatic N) is 1. The lowest BCUT2D eigenvalue weighted by atomic mass is 9.89. The van der Waals surface area contributed by atoms with Gasteiger partial charge in [0, 0.05) is 17.6 Å². The van der Waals surface area contributed by atoms with Gasteiger partial charge in [0.25, 0.3) is 0 Å². The van der Waals surface area contributed by atoms with E-state index in [0.717, 1.165) is 5.56 Å². The van der Waals surface area contributed by atoms with Crippen LogP contribution in [0.2, 0.25) is 5.02 Å². The molecule has 1 aliphatic rings. The predicted octanol–water partition coefficient (Wildman–Crippen LogP) is 1.28. The van der Waals surface area contributed by atoms with Gasteiger partial charge in [0.05, 0.1) is 12.5 Å². The Kier molecular flexibility index (Phi) is 5.29. The highest BCUT2D eigenvalue weighted by atomic mass is 35.5. The molecule has 0 saturated carbocycles. The lowest BCUT2D eigenvalue weighted by Gasteiger charge is -2.32. The zero-order valence-electron chi connectivity index (χ0n) is 13.1. The molecule has 3 N–H and O–H groups in total. The summed E-state index contributed by atoms with van der Waals surface area (Å²) < 4.78 is 0. The average Bonchev–Trinajstić information content (AvgIpc) is 2.79. The number of carboxylic acids is 1. The minimum atomic E-state index is -1.13. The van der Waals surface area contributed by atoms with E-state index >= 15 is 0 Å². The van der Waals surface area contributed by atoms with Crippen LogP contribution in [0.15, 0.2) is 24.3 Å². The van der Waals surface area contributed by atoms with E-state index in [0.29, 0.717) is 5.02 Å². The fraction of sp³-hybridized carbons (Fsp3) is 0.500. The molecule has 0 spiro atoms. The molecule has 6 nitrogen and oxygen atoms in total. The Balaban J connectivity index is 2.38. The lowest BCUT2D eigenvalue weighted by Crippen LogP contribution is -2.46. The summed E-state index contributed by atoms with van der Waals surface area (Å²) in [6, 6.07) is 6.70. The maximum atomic E-state index is 12.4. The molecule has 1 aromatic carbocycles. The number of likely N-dealkylation sites (tertiary alicyclic amines) is 1. The zero-order valence-corrected chi connectivity index (χ0v) is 13.9. The number of carbonyl (C=O) groups is 2. The standard InChI is InChI=1S/C16H21ClN2O4/c1-16(15(22)23)9-12(14(21)18-7-8-20)13(19(16)2)10-3-5-11(17)6-4-10/h3-6,12-13,20H,7-9H2,1-2H3,(H,18,21)(H,22,23)/t12?,13?,16-/m0/s1. The van der Waals surface area contributed by atoms with Crippen molar-refractivity contribution in [3.8, 4) is 0 Å². The van der Waals surface area contributed by atoms with Crippen molar-refractivity contribution in [3.05, 3.63) is 34.9 Å². The van der Waals surface area contributed by atoms with Gasteiger partial charge in [0.1, 0.15) is 5.54 Å². The minimum Gasteiger partial charge on any atom is -0.480 e. The van der Waals surface area contributed by atoms with E-state index in [1.165, 1.54) is 0 Å². The maximum absolute atomic E-state index is 12.4. The van der Waals surface area contributed by atoms with E-state index in [1.54, 1.807) is 31.0 Å². The Bertz CT molecular complexity index is 592. The number of amides is 1. The number of halogens is 1. The third-order valence-corrected chi connectivity index (χ3v) is 4.87. The molecular weight excluding hydrogens is 320 g/mol. The Morgan fingerprint density at radius 1 is 1.39 bits per heavy atom. The summed E-state index contributed by atoms with van der Waals surface area (Å²) in [4.78, 5) is 25.9. The second-order valence-electron chi connectivity index (χ2n) is 6.01. The van der Waals surface area contributed by atoms with Gasteiger partial charge in [-0.05, 0) is 38.1 Å². The van der Waals surface area contributed by atoms with Gasteiger partial charge in [-0.1, -0.05) is 23.7 Å². The summed E-state index contributed by atoms with van der Waals surface area (Å²) in [6.45, 7) is 1.61. The fourth-order valence-electron chi connectivity index (χ4n) is 3.16. The van der Waals surface area contributed by atoms with Crippen molar-refractivity contribution < 1.29 is 19.8 Å². The Morgan fingerprint density at radius 2 is 2.00 bits per heavy atom. The topological polar surface area (TPSA) is 89.9 Å². The first-order chi connectivity index (χ1) is 10.8. The highest BCUT2D eigenvalue weighted by Crippen LogP contribution is 2.46. The summed E-state index contributed by atoms with van der Waals surface area (Å²) in [5.74, 6) is -1.74. The molecule has 1 amide bonds. The summed E-state index contributed by atoms with van der Waals surface area (Å²) in [7, 11) is 1.71. The first-order valence-electron chi connectivity index (χ1n) is 7.41. The van der Waals surface area contributed by atoms with Crippen molar-refractivity contribution in [3.63, 3.8) is 0 Å². The Morgan fingerprint density at radius 3 is 2.52 bits per heavy atom. The summed E-state index contributed by atoms with van der Waals surface area (Å²) in [5.41, 5.74) is -0.294. The van der Waals surface area contributed by atoms with Gasteiger partial charge >= 0.3 is 5.97 Å². The van der Waals surface area contributed by atoms with Gasteiger partial charge in [-0.2, -0.15) is 0 Å². The molecule has 0 radical (unpaired) electrons. The van der Waals surface area contributed by atoms with E-state index in [4.69, 9.17) is 16.7 Å². The van der Waals surface area contributed by atoms with Crippen LogP contribution < -0.4 is 5.32 Å². The third-order valence-electron chi connectivity index (χ3n) is 4.61. The molecular formula is C16H21ClN2O4. The van der Waals surface area contributed by atoms with Crippen LogP contribution >= 0.6 is 11.6 Å². The number of carboxylic acid groups (broad SMARTS) is 1. The Hall–Kier alpha value is -1.63. The average molecular weight is 341 g/mol. The SMILES string of the molecule is CN1C(c2ccc(Cl)cc2)C(C(=O)NCCO)C[C@@]1(C)C(=O)O. The number of likely N-dealkylation sites (N-methyl/N-ethyl adjacent to an activating group) is 1. The van der Waals surface area contributed by atoms with Gasteiger partial charge in [0.15, 0.2) is 0 Å². The quantitative estimate of drug-likeness (QED) is 0.751. The van der Waals surface area contributed by atoms with Gasteiger partial charge in [0.2, 0.25) is 5.91 Å². The molecule has 2 rings (SSSR count). The van der Waals surface area contributed by atoms with Crippen LogP contribution in [-0.4, -0.2) is 52.7 Å². The van der Waals surface area contributed by atoms with Crippen molar-refractivity contribution >= 4 is 23.5 Å². The van der Waals surface area contributed by atoms with Crippen LogP contribution in [0, 0.1) is 5.92 Å². The van der Waals surface area contributed by atoms with Crippen molar-refractivity contribution in [1.82, 2.24) is 10.2 Å². The summed E-state index contributed by atoms with van der Waals surface area (Å²) in [5, 5.41) is 21.7. The number of hydrogen-bond donors (Lipinski definition) is 3. The molecule has 3 atom stereocenters. The highest BCUT2D eigenvalue weighted by Gasteiger charge is 2.54. The molecule has 1 heterocycles. The number of rotatable bonds is 5. The summed E-state index contributed by atoms with van der Waals surface area (Å²) >= 11 is 5.91. The van der Waals surface area contributed by atoms with Crippen molar-refractivity contribution in [2.45, 2.75) is 24.9 Å². The fourth-order valence-corrected chi connectivity index (χ4v) is 3.29. The number of aliphatic carboxylic acids is 1. The molecule has 0 aromatic heterocycles. The van der Waals surface area contributed by atoms with Crippen molar-refractivity contribution in [2.75, 3.05) is 20.2 Å². The van der Waals surface area contributed by atoms with Crippen LogP contribution in [0.4, 0.5) is 0 Å². The van der Waals surface area contributed by atoms with Crippen molar-refractivity contribution in [1.29, 1.82) is 0 Å². The Labute approximate surface area is 140 Å². The van der Waals surface area contributed by atoms with Crippen LogP contribution in [-0.2, 0) is 9.59 Å². The molecule has 1 aromatic rings. The normalized spacial score (nSPS) is 27.8. The molecule has 1 aliphatic heterocycles. The molecule has 126 valence electrons. The number of benzene rings is 1. The maximum Gasteiger partial charge on any atom is 0.323 e. The third kappa shape index (κ3) is 3.34. The lowest BCUT2D eigenvalue weighted by molar-refractivity contribution is -0.148. The first-order valence-corrected chi connectivity index (χ1v) is 7.79. The van der Waals surface area contributed by atoms with Gasteiger partial charge < -0.3 is 15.5 Å².